The highest BCUT2D eigenvalue weighted by Crippen LogP contribution is 2.18. The molecule has 0 aliphatic rings. The molecule has 1 rings (SSSR count). The van der Waals surface area contributed by atoms with Crippen molar-refractivity contribution in [2.24, 2.45) is 0 Å². The summed E-state index contributed by atoms with van der Waals surface area (Å²) in [5.74, 6) is -1.85. The van der Waals surface area contributed by atoms with Gasteiger partial charge >= 0.3 is 0 Å². The first-order valence-corrected chi connectivity index (χ1v) is 5.78. The van der Waals surface area contributed by atoms with E-state index < -0.39 is 11.6 Å². The largest absolute Gasteiger partial charge is 0.489 e. The second-order valence-electron chi connectivity index (χ2n) is 4.56. The smallest absolute Gasteiger partial charge is 0.200 e. The zero-order valence-electron chi connectivity index (χ0n) is 10.5. The van der Waals surface area contributed by atoms with E-state index in [-0.39, 0.29) is 11.3 Å². The number of nitrogens with one attached hydrogen (secondary N) is 1. The lowest BCUT2D eigenvalue weighted by Crippen LogP contribution is -2.40. The molecule has 0 unspecified atom stereocenters. The summed E-state index contributed by atoms with van der Waals surface area (Å²) in [6, 6.07) is 3.92. The van der Waals surface area contributed by atoms with Crippen molar-refractivity contribution in [2.75, 3.05) is 13.2 Å². The molecule has 1 aromatic carbocycles. The Kier molecular flexibility index (Phi) is 4.87. The van der Waals surface area contributed by atoms with E-state index in [2.05, 4.69) is 26.1 Å². The van der Waals surface area contributed by atoms with Crippen molar-refractivity contribution in [3.05, 3.63) is 29.8 Å². The molecule has 1 aromatic rings. The fraction of sp³-hybridized carbons (Fsp3) is 0.538. The van der Waals surface area contributed by atoms with E-state index in [4.69, 9.17) is 4.74 Å². The number of hydrogen-bond acceptors (Lipinski definition) is 2. The Hall–Kier alpha value is -1.16. The van der Waals surface area contributed by atoms with E-state index in [1.165, 1.54) is 12.1 Å². The second-order valence-corrected chi connectivity index (χ2v) is 4.56. The Labute approximate surface area is 101 Å². The number of hydrogen-bond donors (Lipinski definition) is 1. The lowest BCUT2D eigenvalue weighted by molar-refractivity contribution is 0.268. The molecule has 4 heteroatoms. The van der Waals surface area contributed by atoms with Crippen molar-refractivity contribution in [3.8, 4) is 5.75 Å². The Morgan fingerprint density at radius 3 is 2.65 bits per heavy atom. The van der Waals surface area contributed by atoms with Crippen LogP contribution in [0.15, 0.2) is 18.2 Å². The van der Waals surface area contributed by atoms with Crippen molar-refractivity contribution in [3.63, 3.8) is 0 Å². The first kappa shape index (κ1) is 13.9. The van der Waals surface area contributed by atoms with Crippen molar-refractivity contribution in [1.82, 2.24) is 5.32 Å². The van der Waals surface area contributed by atoms with Gasteiger partial charge in [0, 0.05) is 12.1 Å². The van der Waals surface area contributed by atoms with Crippen LogP contribution in [0.5, 0.6) is 5.75 Å². The van der Waals surface area contributed by atoms with Gasteiger partial charge < -0.3 is 10.1 Å². The molecule has 0 aliphatic heterocycles. The van der Waals surface area contributed by atoms with Gasteiger partial charge in [0.15, 0.2) is 11.6 Å². The highest BCUT2D eigenvalue weighted by atomic mass is 19.2. The van der Waals surface area contributed by atoms with Gasteiger partial charge in [0.2, 0.25) is 5.82 Å². The molecule has 0 spiro atoms. The van der Waals surface area contributed by atoms with Crippen LogP contribution in [0, 0.1) is 11.6 Å². The summed E-state index contributed by atoms with van der Waals surface area (Å²) in [7, 11) is 0. The minimum absolute atomic E-state index is 0.0316. The fourth-order valence-corrected chi connectivity index (χ4v) is 1.27. The van der Waals surface area contributed by atoms with E-state index in [0.29, 0.717) is 13.2 Å². The standard InChI is InChI=1S/C13H19F2NO/c1-4-13(2,3)16-8-9-17-11-7-5-6-10(14)12(11)15/h5-7,16H,4,8-9H2,1-3H3. The third kappa shape index (κ3) is 4.30. The fourth-order valence-electron chi connectivity index (χ4n) is 1.27. The quantitative estimate of drug-likeness (QED) is 0.775. The maximum atomic E-state index is 13.2. The van der Waals surface area contributed by atoms with Gasteiger partial charge in [-0.05, 0) is 32.4 Å². The first-order valence-electron chi connectivity index (χ1n) is 5.78. The normalized spacial score (nSPS) is 11.6. The minimum atomic E-state index is -0.928. The molecule has 0 fully saturated rings. The van der Waals surface area contributed by atoms with Crippen LogP contribution >= 0.6 is 0 Å². The Balaban J connectivity index is 2.39. The van der Waals surface area contributed by atoms with E-state index in [0.717, 1.165) is 12.5 Å². The van der Waals surface area contributed by atoms with Crippen molar-refractivity contribution in [2.45, 2.75) is 32.7 Å². The molecule has 1 N–H and O–H groups in total. The topological polar surface area (TPSA) is 21.3 Å². The maximum Gasteiger partial charge on any atom is 0.200 e. The highest BCUT2D eigenvalue weighted by Gasteiger charge is 2.13. The number of benzene rings is 1. The molecule has 0 saturated carbocycles. The van der Waals surface area contributed by atoms with Gasteiger partial charge in [-0.2, -0.15) is 4.39 Å². The van der Waals surface area contributed by atoms with E-state index >= 15 is 0 Å². The van der Waals surface area contributed by atoms with Crippen LogP contribution in [-0.4, -0.2) is 18.7 Å². The molecule has 17 heavy (non-hydrogen) atoms. The summed E-state index contributed by atoms with van der Waals surface area (Å²) in [5.41, 5.74) is 0.0316. The molecule has 0 bridgehead atoms. The van der Waals surface area contributed by atoms with Crippen LogP contribution in [-0.2, 0) is 0 Å². The van der Waals surface area contributed by atoms with Crippen LogP contribution < -0.4 is 10.1 Å². The second kappa shape index (κ2) is 5.96. The zero-order valence-corrected chi connectivity index (χ0v) is 10.5. The minimum Gasteiger partial charge on any atom is -0.489 e. The Morgan fingerprint density at radius 1 is 1.29 bits per heavy atom. The van der Waals surface area contributed by atoms with Gasteiger partial charge in [-0.3, -0.25) is 0 Å². The predicted molar refractivity (Wildman–Crippen MR) is 64.2 cm³/mol. The molecule has 0 atom stereocenters. The first-order chi connectivity index (χ1) is 7.96. The monoisotopic (exact) mass is 243 g/mol. The Morgan fingerprint density at radius 2 is 2.00 bits per heavy atom. The molecule has 96 valence electrons. The number of rotatable bonds is 6. The highest BCUT2D eigenvalue weighted by molar-refractivity contribution is 5.24. The number of ether oxygens (including phenoxy) is 1. The van der Waals surface area contributed by atoms with Gasteiger partial charge in [-0.1, -0.05) is 13.0 Å². The molecule has 0 radical (unpaired) electrons. The summed E-state index contributed by atoms with van der Waals surface area (Å²) >= 11 is 0. The van der Waals surface area contributed by atoms with E-state index in [1.807, 2.05) is 0 Å². The lowest BCUT2D eigenvalue weighted by atomic mass is 10.0. The van der Waals surface area contributed by atoms with Gasteiger partial charge in [-0.15, -0.1) is 0 Å². The van der Waals surface area contributed by atoms with Crippen LogP contribution in [0.4, 0.5) is 8.78 Å². The van der Waals surface area contributed by atoms with Crippen LogP contribution in [0.3, 0.4) is 0 Å². The summed E-state index contributed by atoms with van der Waals surface area (Å²) in [6.45, 7) is 7.15. The van der Waals surface area contributed by atoms with Crippen LogP contribution in [0.25, 0.3) is 0 Å². The molecule has 0 aliphatic carbocycles. The summed E-state index contributed by atoms with van der Waals surface area (Å²) in [4.78, 5) is 0. The van der Waals surface area contributed by atoms with Gasteiger partial charge in [-0.25, -0.2) is 4.39 Å². The molecule has 0 aromatic heterocycles. The summed E-state index contributed by atoms with van der Waals surface area (Å²) in [6.07, 6.45) is 0.987. The third-order valence-corrected chi connectivity index (χ3v) is 2.76. The molecule has 0 amide bonds. The molecular weight excluding hydrogens is 224 g/mol. The summed E-state index contributed by atoms with van der Waals surface area (Å²) in [5, 5.41) is 3.27. The Bertz CT molecular complexity index is 366. The SMILES string of the molecule is CCC(C)(C)NCCOc1cccc(F)c1F. The average Bonchev–Trinajstić information content (AvgIpc) is 2.30. The summed E-state index contributed by atoms with van der Waals surface area (Å²) < 4.78 is 31.3. The van der Waals surface area contributed by atoms with Crippen molar-refractivity contribution < 1.29 is 13.5 Å². The molecule has 2 nitrogen and oxygen atoms in total. The lowest BCUT2D eigenvalue weighted by Gasteiger charge is -2.24. The van der Waals surface area contributed by atoms with Crippen LogP contribution in [0.1, 0.15) is 27.2 Å². The van der Waals surface area contributed by atoms with Gasteiger partial charge in [0.1, 0.15) is 6.61 Å². The molecule has 0 saturated heterocycles. The molecular formula is C13H19F2NO. The maximum absolute atomic E-state index is 13.2. The predicted octanol–water partition coefficient (Wildman–Crippen LogP) is 3.12. The number of halogens is 2. The van der Waals surface area contributed by atoms with Gasteiger partial charge in [0.05, 0.1) is 0 Å². The van der Waals surface area contributed by atoms with Crippen molar-refractivity contribution in [1.29, 1.82) is 0 Å². The van der Waals surface area contributed by atoms with E-state index in [1.54, 1.807) is 0 Å². The average molecular weight is 243 g/mol. The zero-order chi connectivity index (χ0) is 12.9. The van der Waals surface area contributed by atoms with Crippen LogP contribution in [0.2, 0.25) is 0 Å². The van der Waals surface area contributed by atoms with E-state index in [9.17, 15) is 8.78 Å². The molecule has 0 heterocycles. The van der Waals surface area contributed by atoms with Crippen molar-refractivity contribution >= 4 is 0 Å². The third-order valence-electron chi connectivity index (χ3n) is 2.76. The van der Waals surface area contributed by atoms with Gasteiger partial charge in [0.25, 0.3) is 0 Å².